The minimum atomic E-state index is -1.36. The number of carboxylic acid groups (broad SMARTS) is 1. The van der Waals surface area contributed by atoms with Gasteiger partial charge in [-0.2, -0.15) is 4.39 Å². The first-order valence-corrected chi connectivity index (χ1v) is 5.37. The van der Waals surface area contributed by atoms with Gasteiger partial charge in [-0.25, -0.2) is 14.6 Å². The predicted molar refractivity (Wildman–Crippen MR) is 61.0 cm³/mol. The topological polar surface area (TPSA) is 88.5 Å². The summed E-state index contributed by atoms with van der Waals surface area (Å²) in [5.74, 6) is -2.43. The van der Waals surface area contributed by atoms with Crippen molar-refractivity contribution in [3.05, 3.63) is 23.8 Å². The normalized spacial score (nSPS) is 9.89. The second-order valence-electron chi connectivity index (χ2n) is 3.44. The largest absolute Gasteiger partial charge is 0.478 e. The molecule has 1 aromatic rings. The number of hydrogen-bond acceptors (Lipinski definition) is 4. The minimum Gasteiger partial charge on any atom is -0.478 e. The lowest BCUT2D eigenvalue weighted by molar-refractivity contribution is 0.0697. The molecule has 7 heteroatoms. The molecule has 18 heavy (non-hydrogen) atoms. The van der Waals surface area contributed by atoms with Crippen molar-refractivity contribution in [1.82, 2.24) is 4.98 Å². The number of hydrogen-bond donors (Lipinski definition) is 2. The number of carboxylic acids is 1. The van der Waals surface area contributed by atoms with E-state index in [1.54, 1.807) is 0 Å². The van der Waals surface area contributed by atoms with E-state index < -0.39 is 23.7 Å². The van der Waals surface area contributed by atoms with Gasteiger partial charge in [-0.05, 0) is 12.5 Å². The third-order valence-electron chi connectivity index (χ3n) is 2.09. The molecule has 0 spiro atoms. The molecule has 0 atom stereocenters. The fourth-order valence-corrected chi connectivity index (χ4v) is 1.18. The number of ether oxygens (including phenoxy) is 1. The molecule has 0 aliphatic carbocycles. The van der Waals surface area contributed by atoms with Gasteiger partial charge in [0.1, 0.15) is 5.69 Å². The third-order valence-corrected chi connectivity index (χ3v) is 2.09. The summed E-state index contributed by atoms with van der Waals surface area (Å²) in [6.07, 6.45) is 1.62. The molecule has 0 saturated heterocycles. The van der Waals surface area contributed by atoms with Crippen LogP contribution in [0.4, 0.5) is 14.9 Å². The number of aromatic nitrogens is 1. The average Bonchev–Trinajstić information content (AvgIpc) is 2.31. The summed E-state index contributed by atoms with van der Waals surface area (Å²) in [6.45, 7) is 2.11. The van der Waals surface area contributed by atoms with E-state index in [4.69, 9.17) is 9.84 Å². The fraction of sp³-hybridized carbons (Fsp3) is 0.364. The van der Waals surface area contributed by atoms with Crippen LogP contribution in [0.5, 0.6) is 0 Å². The lowest BCUT2D eigenvalue weighted by Crippen LogP contribution is -2.18. The molecule has 0 radical (unpaired) electrons. The van der Waals surface area contributed by atoms with Gasteiger partial charge in [-0.15, -0.1) is 0 Å². The van der Waals surface area contributed by atoms with Crippen LogP contribution < -0.4 is 5.32 Å². The monoisotopic (exact) mass is 256 g/mol. The quantitative estimate of drug-likeness (QED) is 0.623. The van der Waals surface area contributed by atoms with E-state index in [0.717, 1.165) is 18.7 Å². The maximum atomic E-state index is 13.3. The zero-order valence-corrected chi connectivity index (χ0v) is 9.77. The summed E-state index contributed by atoms with van der Waals surface area (Å²) in [4.78, 5) is 25.4. The molecule has 0 bridgehead atoms. The summed E-state index contributed by atoms with van der Waals surface area (Å²) in [5, 5.41) is 10.9. The van der Waals surface area contributed by atoms with E-state index in [2.05, 4.69) is 4.98 Å². The third kappa shape index (κ3) is 3.69. The predicted octanol–water partition coefficient (Wildman–Crippen LogP) is 2.27. The van der Waals surface area contributed by atoms with Gasteiger partial charge in [0.15, 0.2) is 0 Å². The molecule has 98 valence electrons. The Morgan fingerprint density at radius 1 is 1.56 bits per heavy atom. The molecule has 1 amide bonds. The van der Waals surface area contributed by atoms with Crippen LogP contribution in [0.15, 0.2) is 12.3 Å². The maximum absolute atomic E-state index is 13.3. The molecule has 1 aromatic heterocycles. The first-order chi connectivity index (χ1) is 8.56. The Morgan fingerprint density at radius 3 is 2.89 bits per heavy atom. The van der Waals surface area contributed by atoms with Gasteiger partial charge in [-0.3, -0.25) is 5.32 Å². The lowest BCUT2D eigenvalue weighted by atomic mass is 10.2. The van der Waals surface area contributed by atoms with E-state index in [1.165, 1.54) is 0 Å². The van der Waals surface area contributed by atoms with Crippen molar-refractivity contribution in [1.29, 1.82) is 0 Å². The smallest absolute Gasteiger partial charge is 0.411 e. The van der Waals surface area contributed by atoms with Gasteiger partial charge in [0.05, 0.1) is 12.2 Å². The molecule has 0 aliphatic rings. The van der Waals surface area contributed by atoms with E-state index >= 15 is 0 Å². The van der Waals surface area contributed by atoms with Crippen LogP contribution >= 0.6 is 0 Å². The molecule has 0 saturated carbocycles. The highest BCUT2D eigenvalue weighted by Crippen LogP contribution is 2.18. The van der Waals surface area contributed by atoms with Gasteiger partial charge in [0, 0.05) is 6.20 Å². The highest BCUT2D eigenvalue weighted by atomic mass is 19.1. The SMILES string of the molecule is CCCCOC(=O)Nc1c(C(=O)O)ccnc1F. The zero-order chi connectivity index (χ0) is 13.5. The molecule has 0 aromatic carbocycles. The fourth-order valence-electron chi connectivity index (χ4n) is 1.18. The Hall–Kier alpha value is -2.18. The molecule has 1 rings (SSSR count). The Kier molecular flexibility index (Phi) is 5.04. The minimum absolute atomic E-state index is 0.187. The lowest BCUT2D eigenvalue weighted by Gasteiger charge is -2.09. The second-order valence-corrected chi connectivity index (χ2v) is 3.44. The van der Waals surface area contributed by atoms with Crippen molar-refractivity contribution >= 4 is 17.7 Å². The van der Waals surface area contributed by atoms with Gasteiger partial charge in [0.2, 0.25) is 5.95 Å². The van der Waals surface area contributed by atoms with Gasteiger partial charge in [-0.1, -0.05) is 13.3 Å². The molecule has 0 fully saturated rings. The van der Waals surface area contributed by atoms with E-state index in [0.29, 0.717) is 6.42 Å². The number of nitrogens with zero attached hydrogens (tertiary/aromatic N) is 1. The van der Waals surface area contributed by atoms with Crippen molar-refractivity contribution in [2.24, 2.45) is 0 Å². The average molecular weight is 256 g/mol. The molecule has 6 nitrogen and oxygen atoms in total. The molecule has 0 aliphatic heterocycles. The Bertz CT molecular complexity index is 451. The van der Waals surface area contributed by atoms with E-state index in [9.17, 15) is 14.0 Å². The Morgan fingerprint density at radius 2 is 2.28 bits per heavy atom. The number of halogens is 1. The number of carbonyl (C=O) groups is 2. The van der Waals surface area contributed by atoms with Crippen LogP contribution in [-0.2, 0) is 4.74 Å². The summed E-state index contributed by atoms with van der Waals surface area (Å²) >= 11 is 0. The maximum Gasteiger partial charge on any atom is 0.411 e. The first-order valence-electron chi connectivity index (χ1n) is 5.37. The molecular weight excluding hydrogens is 243 g/mol. The summed E-state index contributed by atoms with van der Waals surface area (Å²) < 4.78 is 18.1. The van der Waals surface area contributed by atoms with E-state index in [1.807, 2.05) is 12.2 Å². The number of pyridine rings is 1. The van der Waals surface area contributed by atoms with Crippen LogP contribution in [0.1, 0.15) is 30.1 Å². The van der Waals surface area contributed by atoms with Crippen LogP contribution in [0.3, 0.4) is 0 Å². The van der Waals surface area contributed by atoms with Crippen molar-refractivity contribution in [2.45, 2.75) is 19.8 Å². The summed E-state index contributed by atoms with van der Waals surface area (Å²) in [5.41, 5.74) is -0.874. The molecule has 2 N–H and O–H groups in total. The van der Waals surface area contributed by atoms with Crippen molar-refractivity contribution in [3.8, 4) is 0 Å². The highest BCUT2D eigenvalue weighted by molar-refractivity contribution is 5.98. The Balaban J connectivity index is 2.77. The number of rotatable bonds is 5. The molecular formula is C11H13FN2O4. The number of carbonyl (C=O) groups excluding carboxylic acids is 1. The zero-order valence-electron chi connectivity index (χ0n) is 9.77. The number of aromatic carboxylic acids is 1. The Labute approximate surface area is 103 Å². The van der Waals surface area contributed by atoms with E-state index in [-0.39, 0.29) is 12.2 Å². The van der Waals surface area contributed by atoms with Crippen LogP contribution in [0.25, 0.3) is 0 Å². The molecule has 1 heterocycles. The van der Waals surface area contributed by atoms with Gasteiger partial charge in [0.25, 0.3) is 0 Å². The number of anilines is 1. The van der Waals surface area contributed by atoms with Gasteiger partial charge < -0.3 is 9.84 Å². The number of unbranched alkanes of at least 4 members (excludes halogenated alkanes) is 1. The second kappa shape index (κ2) is 6.53. The number of nitrogens with one attached hydrogen (secondary N) is 1. The summed E-state index contributed by atoms with van der Waals surface area (Å²) in [7, 11) is 0. The van der Waals surface area contributed by atoms with Gasteiger partial charge >= 0.3 is 12.1 Å². The van der Waals surface area contributed by atoms with Crippen molar-refractivity contribution in [3.63, 3.8) is 0 Å². The van der Waals surface area contributed by atoms with Crippen LogP contribution in [-0.4, -0.2) is 28.8 Å². The highest BCUT2D eigenvalue weighted by Gasteiger charge is 2.17. The van der Waals surface area contributed by atoms with Crippen LogP contribution in [0.2, 0.25) is 0 Å². The van der Waals surface area contributed by atoms with Crippen LogP contribution in [0, 0.1) is 5.95 Å². The van der Waals surface area contributed by atoms with Crippen molar-refractivity contribution in [2.75, 3.05) is 11.9 Å². The standard InChI is InChI=1S/C11H13FN2O4/c1-2-3-6-18-11(17)14-8-7(10(15)16)4-5-13-9(8)12/h4-5H,2-3,6H2,1H3,(H,14,17)(H,15,16). The number of amides is 1. The van der Waals surface area contributed by atoms with Crippen molar-refractivity contribution < 1.29 is 23.8 Å². The first kappa shape index (κ1) is 13.9. The summed E-state index contributed by atoms with van der Waals surface area (Å²) in [6, 6.07) is 1.09. The molecule has 0 unspecified atom stereocenters.